The topological polar surface area (TPSA) is 84.7 Å². The van der Waals surface area contributed by atoms with E-state index in [0.717, 1.165) is 0 Å². The second kappa shape index (κ2) is 5.64. The molecule has 1 aromatic rings. The van der Waals surface area contributed by atoms with E-state index in [2.05, 4.69) is 4.98 Å². The molecule has 0 aromatic carbocycles. The summed E-state index contributed by atoms with van der Waals surface area (Å²) >= 11 is 0. The number of ether oxygens (including phenoxy) is 1. The van der Waals surface area contributed by atoms with Gasteiger partial charge in [-0.3, -0.25) is 4.79 Å². The van der Waals surface area contributed by atoms with Crippen molar-refractivity contribution < 1.29 is 17.9 Å². The number of nitrogens with zero attached hydrogens (tertiary/aromatic N) is 4. The highest BCUT2D eigenvalue weighted by Crippen LogP contribution is 2.25. The van der Waals surface area contributed by atoms with Crippen molar-refractivity contribution in [3.63, 3.8) is 0 Å². The molecule has 2 fully saturated rings. The number of sulfonamides is 1. The standard InChI is InChI=1S/C13H20N4O4S/c1-15-7-10(14-9-15)13(18)16-4-3-12-11(8-16)17(5-6-21-12)22(2,19)20/h7,9,11-12H,3-6,8H2,1-2H3/t11-,12-/m1/s1. The summed E-state index contributed by atoms with van der Waals surface area (Å²) in [6, 6.07) is -0.315. The fraction of sp³-hybridized carbons (Fsp3) is 0.692. The molecule has 1 amide bonds. The maximum atomic E-state index is 12.5. The summed E-state index contributed by atoms with van der Waals surface area (Å²) in [5, 5.41) is 0. The van der Waals surface area contributed by atoms with E-state index in [9.17, 15) is 13.2 Å². The van der Waals surface area contributed by atoms with E-state index >= 15 is 0 Å². The number of fused-ring (bicyclic) bond motifs is 1. The molecule has 3 heterocycles. The number of hydrogen-bond donors (Lipinski definition) is 0. The number of aromatic nitrogens is 2. The van der Waals surface area contributed by atoms with Crippen LogP contribution in [-0.2, 0) is 21.8 Å². The van der Waals surface area contributed by atoms with Crippen LogP contribution in [0, 0.1) is 0 Å². The third-order valence-electron chi connectivity index (χ3n) is 4.17. The fourth-order valence-electron chi connectivity index (χ4n) is 3.12. The Bertz CT molecular complexity index is 671. The van der Waals surface area contributed by atoms with Crippen molar-refractivity contribution in [3.05, 3.63) is 18.2 Å². The monoisotopic (exact) mass is 328 g/mol. The molecular weight excluding hydrogens is 308 g/mol. The summed E-state index contributed by atoms with van der Waals surface area (Å²) in [6.45, 7) is 1.63. The van der Waals surface area contributed by atoms with Gasteiger partial charge in [-0.05, 0) is 6.42 Å². The largest absolute Gasteiger partial charge is 0.375 e. The molecule has 0 bridgehead atoms. The predicted octanol–water partition coefficient (Wildman–Crippen LogP) is -0.705. The smallest absolute Gasteiger partial charge is 0.274 e. The number of rotatable bonds is 2. The Hall–Kier alpha value is -1.45. The first-order valence-corrected chi connectivity index (χ1v) is 9.07. The van der Waals surface area contributed by atoms with E-state index in [4.69, 9.17) is 4.74 Å². The minimum absolute atomic E-state index is 0.142. The zero-order valence-corrected chi connectivity index (χ0v) is 13.5. The number of morpholine rings is 1. The van der Waals surface area contributed by atoms with Crippen LogP contribution in [-0.4, -0.2) is 77.7 Å². The molecule has 3 rings (SSSR count). The van der Waals surface area contributed by atoms with Crippen molar-refractivity contribution >= 4 is 15.9 Å². The number of likely N-dealkylation sites (tertiary alicyclic amines) is 1. The zero-order chi connectivity index (χ0) is 15.9. The third-order valence-corrected chi connectivity index (χ3v) is 5.48. The van der Waals surface area contributed by atoms with Gasteiger partial charge in [0.05, 0.1) is 31.3 Å². The molecule has 2 atom stereocenters. The zero-order valence-electron chi connectivity index (χ0n) is 12.7. The normalized spacial score (nSPS) is 26.7. The lowest BCUT2D eigenvalue weighted by molar-refractivity contribution is -0.0705. The van der Waals surface area contributed by atoms with Crippen LogP contribution in [0.15, 0.2) is 12.5 Å². The van der Waals surface area contributed by atoms with Gasteiger partial charge in [-0.25, -0.2) is 13.4 Å². The molecule has 0 N–H and O–H groups in total. The molecule has 8 nitrogen and oxygen atoms in total. The molecule has 1 aromatic heterocycles. The second-order valence-electron chi connectivity index (χ2n) is 5.81. The van der Waals surface area contributed by atoms with Crippen molar-refractivity contribution in [1.29, 1.82) is 0 Å². The fourth-order valence-corrected chi connectivity index (χ4v) is 4.22. The number of piperidine rings is 1. The van der Waals surface area contributed by atoms with Crippen LogP contribution in [0.3, 0.4) is 0 Å². The summed E-state index contributed by atoms with van der Waals surface area (Å²) in [5.41, 5.74) is 0.378. The molecule has 0 aliphatic carbocycles. The van der Waals surface area contributed by atoms with E-state index in [0.29, 0.717) is 38.4 Å². The molecule has 0 spiro atoms. The number of imidazole rings is 1. The Morgan fingerprint density at radius 3 is 2.82 bits per heavy atom. The number of carbonyl (C=O) groups is 1. The van der Waals surface area contributed by atoms with E-state index in [-0.39, 0.29) is 18.1 Å². The summed E-state index contributed by atoms with van der Waals surface area (Å²) in [4.78, 5) is 18.2. The molecule has 22 heavy (non-hydrogen) atoms. The first-order chi connectivity index (χ1) is 10.4. The number of hydrogen-bond acceptors (Lipinski definition) is 5. The summed E-state index contributed by atoms with van der Waals surface area (Å²) in [7, 11) is -1.51. The minimum atomic E-state index is -3.31. The number of aryl methyl sites for hydroxylation is 1. The lowest BCUT2D eigenvalue weighted by Crippen LogP contribution is -2.61. The Morgan fingerprint density at radius 1 is 1.41 bits per heavy atom. The van der Waals surface area contributed by atoms with Crippen LogP contribution in [0.25, 0.3) is 0 Å². The van der Waals surface area contributed by atoms with E-state index in [1.54, 1.807) is 29.0 Å². The van der Waals surface area contributed by atoms with Gasteiger partial charge in [0.15, 0.2) is 0 Å². The molecule has 2 aliphatic rings. The Balaban J connectivity index is 1.79. The molecule has 2 aliphatic heterocycles. The molecule has 0 radical (unpaired) electrons. The third kappa shape index (κ3) is 2.88. The number of carbonyl (C=O) groups excluding carboxylic acids is 1. The second-order valence-corrected chi connectivity index (χ2v) is 7.75. The Morgan fingerprint density at radius 2 is 2.18 bits per heavy atom. The van der Waals surface area contributed by atoms with Crippen LogP contribution < -0.4 is 0 Å². The van der Waals surface area contributed by atoms with Crippen molar-refractivity contribution in [3.8, 4) is 0 Å². The molecule has 9 heteroatoms. The first kappa shape index (κ1) is 15.4. The van der Waals surface area contributed by atoms with Crippen LogP contribution >= 0.6 is 0 Å². The van der Waals surface area contributed by atoms with E-state index < -0.39 is 10.0 Å². The highest BCUT2D eigenvalue weighted by Gasteiger charge is 2.42. The van der Waals surface area contributed by atoms with Gasteiger partial charge in [0, 0.05) is 32.9 Å². The molecule has 2 saturated heterocycles. The lowest BCUT2D eigenvalue weighted by Gasteiger charge is -2.45. The lowest BCUT2D eigenvalue weighted by atomic mass is 10.0. The van der Waals surface area contributed by atoms with Gasteiger partial charge in [0.25, 0.3) is 5.91 Å². The molecule has 0 unspecified atom stereocenters. The minimum Gasteiger partial charge on any atom is -0.375 e. The van der Waals surface area contributed by atoms with E-state index in [1.165, 1.54) is 10.6 Å². The van der Waals surface area contributed by atoms with Crippen molar-refractivity contribution in [2.75, 3.05) is 32.5 Å². The van der Waals surface area contributed by atoms with Gasteiger partial charge in [-0.1, -0.05) is 0 Å². The van der Waals surface area contributed by atoms with Gasteiger partial charge >= 0.3 is 0 Å². The van der Waals surface area contributed by atoms with Gasteiger partial charge in [-0.2, -0.15) is 4.31 Å². The van der Waals surface area contributed by atoms with Crippen molar-refractivity contribution in [2.24, 2.45) is 7.05 Å². The Labute approximate surface area is 129 Å². The van der Waals surface area contributed by atoms with Gasteiger partial charge < -0.3 is 14.2 Å². The van der Waals surface area contributed by atoms with Crippen LogP contribution in [0.5, 0.6) is 0 Å². The average molecular weight is 328 g/mol. The Kier molecular flexibility index (Phi) is 3.96. The van der Waals surface area contributed by atoms with Gasteiger partial charge in [0.2, 0.25) is 10.0 Å². The maximum Gasteiger partial charge on any atom is 0.274 e. The van der Waals surface area contributed by atoms with Crippen molar-refractivity contribution in [1.82, 2.24) is 18.8 Å². The van der Waals surface area contributed by atoms with E-state index in [1.807, 2.05) is 0 Å². The quantitative estimate of drug-likeness (QED) is 0.716. The number of amides is 1. The maximum absolute atomic E-state index is 12.5. The SMILES string of the molecule is Cn1cnc(C(=O)N2CC[C@H]3OCCN(S(C)(=O)=O)[C@@H]3C2)c1. The first-order valence-electron chi connectivity index (χ1n) is 7.22. The molecule has 0 saturated carbocycles. The van der Waals surface area contributed by atoms with Crippen molar-refractivity contribution in [2.45, 2.75) is 18.6 Å². The predicted molar refractivity (Wildman–Crippen MR) is 78.8 cm³/mol. The average Bonchev–Trinajstić information content (AvgIpc) is 2.91. The summed E-state index contributed by atoms with van der Waals surface area (Å²) in [5.74, 6) is -0.168. The van der Waals surface area contributed by atoms with Gasteiger partial charge in [0.1, 0.15) is 5.69 Å². The highest BCUT2D eigenvalue weighted by molar-refractivity contribution is 7.88. The molecular formula is C13H20N4O4S. The van der Waals surface area contributed by atoms with Crippen LogP contribution in [0.1, 0.15) is 16.9 Å². The summed E-state index contributed by atoms with van der Waals surface area (Å²) in [6.07, 6.45) is 4.94. The van der Waals surface area contributed by atoms with Crippen LogP contribution in [0.2, 0.25) is 0 Å². The van der Waals surface area contributed by atoms with Gasteiger partial charge in [-0.15, -0.1) is 0 Å². The molecule has 122 valence electrons. The summed E-state index contributed by atoms with van der Waals surface area (Å²) < 4.78 is 32.7. The van der Waals surface area contributed by atoms with Crippen LogP contribution in [0.4, 0.5) is 0 Å². The highest BCUT2D eigenvalue weighted by atomic mass is 32.2.